The van der Waals surface area contributed by atoms with Gasteiger partial charge in [-0.15, -0.1) is 0 Å². The summed E-state index contributed by atoms with van der Waals surface area (Å²) in [5, 5.41) is 0. The van der Waals surface area contributed by atoms with Crippen LogP contribution in [0, 0.1) is 0 Å². The van der Waals surface area contributed by atoms with Gasteiger partial charge in [-0.3, -0.25) is 4.90 Å². The van der Waals surface area contributed by atoms with Gasteiger partial charge in [0.25, 0.3) is 0 Å². The van der Waals surface area contributed by atoms with Crippen LogP contribution in [0.5, 0.6) is 0 Å². The Hall–Kier alpha value is -0.725. The third-order valence-corrected chi connectivity index (χ3v) is 7.28. The van der Waals surface area contributed by atoms with Crippen molar-refractivity contribution < 1.29 is 23.2 Å². The largest absolute Gasteiger partial charge is 0.525 e. The molecule has 3 fully saturated rings. The van der Waals surface area contributed by atoms with Gasteiger partial charge in [-0.2, -0.15) is 11.8 Å². The van der Waals surface area contributed by atoms with E-state index in [1.54, 1.807) is 4.90 Å². The van der Waals surface area contributed by atoms with Crippen molar-refractivity contribution in [3.63, 3.8) is 0 Å². The molecule has 1 spiro atoms. The summed E-state index contributed by atoms with van der Waals surface area (Å²) in [4.78, 5) is 14.7. The minimum absolute atomic E-state index is 0.232. The van der Waals surface area contributed by atoms with Crippen LogP contribution in [-0.2, 0) is 14.0 Å². The number of carbonyl (C=O) groups excluding carboxylic acids is 1. The fourth-order valence-corrected chi connectivity index (χ4v) is 5.21. The van der Waals surface area contributed by atoms with Crippen LogP contribution in [0.4, 0.5) is 9.18 Å². The molecule has 0 aromatic rings. The second-order valence-electron chi connectivity index (χ2n) is 10.1. The zero-order valence-corrected chi connectivity index (χ0v) is 19.0. The van der Waals surface area contributed by atoms with Crippen LogP contribution in [0.1, 0.15) is 67.7 Å². The first kappa shape index (κ1) is 22.0. The van der Waals surface area contributed by atoms with E-state index in [0.29, 0.717) is 12.0 Å². The van der Waals surface area contributed by atoms with Gasteiger partial charge in [0.15, 0.2) is 0 Å². The molecule has 0 radical (unpaired) electrons. The number of ether oxygens (including phenoxy) is 1. The van der Waals surface area contributed by atoms with Gasteiger partial charge >= 0.3 is 13.2 Å². The van der Waals surface area contributed by atoms with Crippen LogP contribution < -0.4 is 0 Å². The summed E-state index contributed by atoms with van der Waals surface area (Å²) in [6.45, 7) is 13.4. The molecule has 5 nitrogen and oxygen atoms in total. The number of rotatable bonds is 1. The van der Waals surface area contributed by atoms with Crippen molar-refractivity contribution in [1.82, 2.24) is 4.90 Å². The average Bonchev–Trinajstić information content (AvgIpc) is 3.01. The van der Waals surface area contributed by atoms with E-state index in [9.17, 15) is 4.79 Å². The second kappa shape index (κ2) is 7.20. The van der Waals surface area contributed by atoms with Crippen LogP contribution >= 0.6 is 11.8 Å². The Bertz CT molecular complexity index is 652. The molecule has 0 N–H and O–H groups in total. The van der Waals surface area contributed by atoms with Crippen molar-refractivity contribution in [1.29, 1.82) is 0 Å². The van der Waals surface area contributed by atoms with E-state index in [1.165, 1.54) is 0 Å². The smallest absolute Gasteiger partial charge is 0.444 e. The molecule has 0 bridgehead atoms. The van der Waals surface area contributed by atoms with E-state index < -0.39 is 23.9 Å². The highest BCUT2D eigenvalue weighted by molar-refractivity contribution is 7.99. The topological polar surface area (TPSA) is 48.0 Å². The lowest BCUT2D eigenvalue weighted by Gasteiger charge is -2.41. The quantitative estimate of drug-likeness (QED) is 0.581. The fraction of sp³-hybridized carbons (Fsp3) is 0.850. The standard InChI is InChI=1S/C20H33BFNO4S/c1-17(2,3)25-16(24)23-13-14(12-20(23)8-10-28-11-9-20)15(22)21-26-18(4,5)19(6,7)27-21/h8-13H2,1-7H3. The summed E-state index contributed by atoms with van der Waals surface area (Å²) in [6, 6.07) is 0. The molecule has 8 heteroatoms. The predicted octanol–water partition coefficient (Wildman–Crippen LogP) is 4.75. The normalized spacial score (nSPS) is 28.0. The van der Waals surface area contributed by atoms with Gasteiger partial charge in [0.1, 0.15) is 11.3 Å². The van der Waals surface area contributed by atoms with E-state index >= 15 is 4.39 Å². The van der Waals surface area contributed by atoms with Crippen LogP contribution in [-0.4, -0.2) is 58.5 Å². The highest BCUT2D eigenvalue weighted by Gasteiger charge is 2.55. The van der Waals surface area contributed by atoms with Crippen LogP contribution in [0.3, 0.4) is 0 Å². The van der Waals surface area contributed by atoms with Crippen molar-refractivity contribution in [2.24, 2.45) is 0 Å². The number of likely N-dealkylation sites (tertiary alicyclic amines) is 1. The van der Waals surface area contributed by atoms with Gasteiger partial charge in [0, 0.05) is 6.54 Å². The number of hydrogen-bond acceptors (Lipinski definition) is 5. The lowest BCUT2D eigenvalue weighted by atomic mass is 9.81. The number of nitrogens with zero attached hydrogens (tertiary/aromatic N) is 1. The van der Waals surface area contributed by atoms with Crippen LogP contribution in [0.2, 0.25) is 0 Å². The van der Waals surface area contributed by atoms with Gasteiger partial charge in [0.05, 0.1) is 16.7 Å². The molecule has 3 rings (SSSR count). The molecule has 3 aliphatic heterocycles. The maximum absolute atomic E-state index is 15.5. The average molecular weight is 413 g/mol. The molecule has 0 aromatic carbocycles. The number of carbonyl (C=O) groups is 1. The van der Waals surface area contributed by atoms with Crippen molar-refractivity contribution in [3.8, 4) is 0 Å². The van der Waals surface area contributed by atoms with Crippen molar-refractivity contribution in [2.45, 2.75) is 90.1 Å². The van der Waals surface area contributed by atoms with Gasteiger partial charge in [-0.05, 0) is 84.8 Å². The van der Waals surface area contributed by atoms with E-state index in [1.807, 2.05) is 60.2 Å². The Morgan fingerprint density at radius 1 is 1.14 bits per heavy atom. The lowest BCUT2D eigenvalue weighted by molar-refractivity contribution is 0.00578. The minimum atomic E-state index is -1.02. The molecule has 3 heterocycles. The minimum Gasteiger partial charge on any atom is -0.444 e. The molecule has 1 amide bonds. The first-order chi connectivity index (χ1) is 12.8. The van der Waals surface area contributed by atoms with Crippen LogP contribution in [0.25, 0.3) is 0 Å². The molecule has 3 saturated heterocycles. The lowest BCUT2D eigenvalue weighted by Crippen LogP contribution is -2.51. The first-order valence-corrected chi connectivity index (χ1v) is 11.2. The van der Waals surface area contributed by atoms with Crippen molar-refractivity contribution >= 4 is 25.0 Å². The number of thioether (sulfide) groups is 1. The monoisotopic (exact) mass is 413 g/mol. The van der Waals surface area contributed by atoms with E-state index in [-0.39, 0.29) is 23.9 Å². The highest BCUT2D eigenvalue weighted by atomic mass is 32.2. The molecule has 28 heavy (non-hydrogen) atoms. The molecule has 0 atom stereocenters. The first-order valence-electron chi connectivity index (χ1n) is 10.1. The molecule has 0 aromatic heterocycles. The van der Waals surface area contributed by atoms with Crippen molar-refractivity contribution in [2.75, 3.05) is 18.1 Å². The molecular weight excluding hydrogens is 380 g/mol. The zero-order valence-electron chi connectivity index (χ0n) is 18.2. The molecular formula is C20H33BFNO4S. The van der Waals surface area contributed by atoms with Gasteiger partial charge in [0.2, 0.25) is 0 Å². The summed E-state index contributed by atoms with van der Waals surface area (Å²) in [6.07, 6.45) is 1.84. The number of halogens is 1. The molecule has 158 valence electrons. The van der Waals surface area contributed by atoms with E-state index in [0.717, 1.165) is 24.3 Å². The number of amides is 1. The highest BCUT2D eigenvalue weighted by Crippen LogP contribution is 2.46. The maximum Gasteiger partial charge on any atom is 0.525 e. The zero-order chi connectivity index (χ0) is 21.0. The van der Waals surface area contributed by atoms with Gasteiger partial charge in [-0.25, -0.2) is 9.18 Å². The molecule has 0 aliphatic carbocycles. The maximum atomic E-state index is 15.5. The van der Waals surface area contributed by atoms with E-state index in [2.05, 4.69) is 0 Å². The summed E-state index contributed by atoms with van der Waals surface area (Å²) in [7, 11) is -1.02. The Morgan fingerprint density at radius 2 is 1.68 bits per heavy atom. The summed E-state index contributed by atoms with van der Waals surface area (Å²) in [5.41, 5.74) is -1.95. The summed E-state index contributed by atoms with van der Waals surface area (Å²) >= 11 is 1.88. The number of hydrogen-bond donors (Lipinski definition) is 0. The van der Waals surface area contributed by atoms with Crippen molar-refractivity contribution in [3.05, 3.63) is 11.3 Å². The summed E-state index contributed by atoms with van der Waals surface area (Å²) < 4.78 is 32.9. The molecule has 0 saturated carbocycles. The van der Waals surface area contributed by atoms with Crippen LogP contribution in [0.15, 0.2) is 11.3 Å². The molecule has 3 aliphatic rings. The third-order valence-electron chi connectivity index (χ3n) is 6.30. The van der Waals surface area contributed by atoms with Gasteiger partial charge < -0.3 is 14.0 Å². The summed E-state index contributed by atoms with van der Waals surface area (Å²) in [5.74, 6) is 1.93. The Balaban J connectivity index is 1.87. The predicted molar refractivity (Wildman–Crippen MR) is 111 cm³/mol. The Labute approximate surface area is 172 Å². The Morgan fingerprint density at radius 3 is 2.18 bits per heavy atom. The SMILES string of the molecule is CC(C)(C)OC(=O)N1CC(=C(F)B2OC(C)(C)C(C)(C)O2)CC12CCSCC2. The second-order valence-corrected chi connectivity index (χ2v) is 11.3. The van der Waals surface area contributed by atoms with E-state index in [4.69, 9.17) is 14.0 Å². The fourth-order valence-electron chi connectivity index (χ4n) is 3.95. The third kappa shape index (κ3) is 4.10. The Kier molecular flexibility index (Phi) is 5.65. The van der Waals surface area contributed by atoms with Gasteiger partial charge in [-0.1, -0.05) is 0 Å². The molecule has 0 unspecified atom stereocenters.